The van der Waals surface area contributed by atoms with E-state index in [0.29, 0.717) is 16.7 Å². The number of hydrogen-bond acceptors (Lipinski definition) is 5. The van der Waals surface area contributed by atoms with Crippen LogP contribution in [-0.4, -0.2) is 27.3 Å². The molecule has 0 atom stereocenters. The number of thiazole rings is 1. The van der Waals surface area contributed by atoms with Crippen molar-refractivity contribution < 1.29 is 9.53 Å². The number of carbonyl (C=O) groups excluding carboxylic acids is 1. The number of aryl methyl sites for hydroxylation is 2. The molecule has 7 heteroatoms. The van der Waals surface area contributed by atoms with Crippen molar-refractivity contribution in [3.63, 3.8) is 0 Å². The summed E-state index contributed by atoms with van der Waals surface area (Å²) in [7, 11) is 0. The highest BCUT2D eigenvalue weighted by molar-refractivity contribution is 7.12. The molecule has 0 aliphatic heterocycles. The number of aromatic nitrogens is 3. The molecule has 0 radical (unpaired) electrons. The molecule has 0 aliphatic rings. The number of carbonyl (C=O) groups is 1. The molecule has 1 amide bonds. The Bertz CT molecular complexity index is 1130. The van der Waals surface area contributed by atoms with Crippen LogP contribution in [0.2, 0.25) is 0 Å². The predicted molar refractivity (Wildman–Crippen MR) is 115 cm³/mol. The Kier molecular flexibility index (Phi) is 5.39. The van der Waals surface area contributed by atoms with Crippen LogP contribution < -0.4 is 10.1 Å². The van der Waals surface area contributed by atoms with Crippen LogP contribution in [0.1, 0.15) is 11.3 Å². The highest BCUT2D eigenvalue weighted by atomic mass is 32.1. The zero-order valence-electron chi connectivity index (χ0n) is 16.1. The summed E-state index contributed by atoms with van der Waals surface area (Å²) in [5, 5.41) is 10.0. The number of ether oxygens (including phenoxy) is 1. The van der Waals surface area contributed by atoms with E-state index in [1.54, 1.807) is 4.68 Å². The fraction of sp³-hybridized carbons (Fsp3) is 0.136. The smallest absolute Gasteiger partial charge is 0.263 e. The molecular weight excluding hydrogens is 384 g/mol. The minimum absolute atomic E-state index is 0.0825. The van der Waals surface area contributed by atoms with Gasteiger partial charge in [0, 0.05) is 17.0 Å². The van der Waals surface area contributed by atoms with E-state index in [4.69, 9.17) is 4.74 Å². The summed E-state index contributed by atoms with van der Waals surface area (Å²) in [6.45, 7) is 3.77. The molecule has 0 saturated carbocycles. The average molecular weight is 404 g/mol. The van der Waals surface area contributed by atoms with Crippen molar-refractivity contribution in [1.29, 1.82) is 0 Å². The van der Waals surface area contributed by atoms with E-state index in [9.17, 15) is 4.79 Å². The molecule has 0 bridgehead atoms. The van der Waals surface area contributed by atoms with E-state index in [-0.39, 0.29) is 12.5 Å². The number of rotatable bonds is 6. The number of hydrogen-bond donors (Lipinski definition) is 1. The number of anilines is 1. The molecule has 146 valence electrons. The first-order valence-electron chi connectivity index (χ1n) is 9.16. The Hall–Kier alpha value is -3.45. The monoisotopic (exact) mass is 404 g/mol. The highest BCUT2D eigenvalue weighted by Crippen LogP contribution is 2.26. The lowest BCUT2D eigenvalue weighted by Crippen LogP contribution is -2.21. The second-order valence-corrected chi connectivity index (χ2v) is 7.45. The quantitative estimate of drug-likeness (QED) is 0.509. The Morgan fingerprint density at radius 3 is 2.72 bits per heavy atom. The van der Waals surface area contributed by atoms with Gasteiger partial charge < -0.3 is 10.1 Å². The van der Waals surface area contributed by atoms with Gasteiger partial charge in [-0.05, 0) is 31.5 Å². The van der Waals surface area contributed by atoms with Crippen LogP contribution >= 0.6 is 11.3 Å². The maximum absolute atomic E-state index is 12.4. The Morgan fingerprint density at radius 2 is 1.93 bits per heavy atom. The van der Waals surface area contributed by atoms with Crippen LogP contribution in [0, 0.1) is 13.8 Å². The summed E-state index contributed by atoms with van der Waals surface area (Å²) < 4.78 is 7.23. The van der Waals surface area contributed by atoms with Crippen molar-refractivity contribution in [2.45, 2.75) is 13.8 Å². The van der Waals surface area contributed by atoms with E-state index in [1.165, 1.54) is 11.3 Å². The summed E-state index contributed by atoms with van der Waals surface area (Å²) >= 11 is 1.47. The lowest BCUT2D eigenvalue weighted by atomic mass is 10.2. The molecule has 0 saturated heterocycles. The van der Waals surface area contributed by atoms with Gasteiger partial charge in [-0.15, -0.1) is 11.3 Å². The van der Waals surface area contributed by atoms with Gasteiger partial charge in [0.2, 0.25) is 5.13 Å². The van der Waals surface area contributed by atoms with Crippen LogP contribution in [0.3, 0.4) is 0 Å². The van der Waals surface area contributed by atoms with E-state index >= 15 is 0 Å². The second kappa shape index (κ2) is 8.28. The lowest BCUT2D eigenvalue weighted by Gasteiger charge is -2.08. The number of nitrogens with zero attached hydrogens (tertiary/aromatic N) is 3. The fourth-order valence-electron chi connectivity index (χ4n) is 2.87. The topological polar surface area (TPSA) is 69.0 Å². The summed E-state index contributed by atoms with van der Waals surface area (Å²) in [5.41, 5.74) is 3.78. The molecule has 0 unspecified atom stereocenters. The zero-order valence-corrected chi connectivity index (χ0v) is 16.9. The summed E-state index contributed by atoms with van der Waals surface area (Å²) in [4.78, 5) is 17.1. The van der Waals surface area contributed by atoms with Crippen molar-refractivity contribution in [2.24, 2.45) is 0 Å². The molecular formula is C22H20N4O2S. The van der Waals surface area contributed by atoms with Crippen LogP contribution in [-0.2, 0) is 4.79 Å². The molecule has 29 heavy (non-hydrogen) atoms. The van der Waals surface area contributed by atoms with Gasteiger partial charge in [0.1, 0.15) is 11.6 Å². The van der Waals surface area contributed by atoms with Gasteiger partial charge in [0.25, 0.3) is 5.91 Å². The molecule has 0 aliphatic carbocycles. The Labute approximate surface area is 172 Å². The van der Waals surface area contributed by atoms with Gasteiger partial charge in [-0.3, -0.25) is 4.79 Å². The summed E-state index contributed by atoms with van der Waals surface area (Å²) in [5.74, 6) is 0.971. The molecule has 0 spiro atoms. The minimum Gasteiger partial charge on any atom is -0.484 e. The molecule has 4 aromatic rings. The van der Waals surface area contributed by atoms with Crippen LogP contribution in [0.15, 0.2) is 66.0 Å². The van der Waals surface area contributed by atoms with Crippen molar-refractivity contribution in [3.05, 3.63) is 77.3 Å². The number of benzene rings is 2. The second-order valence-electron chi connectivity index (χ2n) is 6.62. The SMILES string of the molecule is Cc1cccc(OCC(=O)Nc2cc(C)nn2-c2nc(-c3ccccc3)cs2)c1. The molecule has 2 heterocycles. The summed E-state index contributed by atoms with van der Waals surface area (Å²) in [6.07, 6.45) is 0. The third kappa shape index (κ3) is 4.52. The Morgan fingerprint density at radius 1 is 1.10 bits per heavy atom. The van der Waals surface area contributed by atoms with Crippen LogP contribution in [0.4, 0.5) is 5.82 Å². The molecule has 1 N–H and O–H groups in total. The van der Waals surface area contributed by atoms with Crippen molar-refractivity contribution in [3.8, 4) is 22.1 Å². The Balaban J connectivity index is 1.48. The van der Waals surface area contributed by atoms with Gasteiger partial charge in [-0.25, -0.2) is 4.98 Å². The number of amides is 1. The third-order valence-corrected chi connectivity index (χ3v) is 5.02. The van der Waals surface area contributed by atoms with Gasteiger partial charge in [-0.2, -0.15) is 9.78 Å². The van der Waals surface area contributed by atoms with Gasteiger partial charge >= 0.3 is 0 Å². The maximum Gasteiger partial charge on any atom is 0.263 e. The van der Waals surface area contributed by atoms with Crippen molar-refractivity contribution >= 4 is 23.1 Å². The minimum atomic E-state index is -0.257. The molecule has 2 aromatic carbocycles. The maximum atomic E-state index is 12.4. The van der Waals surface area contributed by atoms with E-state index < -0.39 is 0 Å². The predicted octanol–water partition coefficient (Wildman–Crippen LogP) is 4.63. The normalized spacial score (nSPS) is 10.7. The average Bonchev–Trinajstić information content (AvgIpc) is 3.34. The molecule has 2 aromatic heterocycles. The molecule has 6 nitrogen and oxygen atoms in total. The molecule has 4 rings (SSSR count). The van der Waals surface area contributed by atoms with Crippen molar-refractivity contribution in [1.82, 2.24) is 14.8 Å². The van der Waals surface area contributed by atoms with Gasteiger partial charge in [-0.1, -0.05) is 42.5 Å². The highest BCUT2D eigenvalue weighted by Gasteiger charge is 2.15. The first-order valence-corrected chi connectivity index (χ1v) is 10.0. The first-order chi connectivity index (χ1) is 14.1. The number of nitrogens with one attached hydrogen (secondary N) is 1. The van der Waals surface area contributed by atoms with Crippen LogP contribution in [0.5, 0.6) is 5.75 Å². The first kappa shape index (κ1) is 18.9. The standard InChI is InChI=1S/C22H20N4O2S/c1-15-7-6-10-18(11-15)28-13-21(27)24-20-12-16(2)25-26(20)22-23-19(14-29-22)17-8-4-3-5-9-17/h3-12,14H,13H2,1-2H3,(H,24,27). The van der Waals surface area contributed by atoms with E-state index in [1.807, 2.05) is 79.9 Å². The molecule has 0 fully saturated rings. The lowest BCUT2D eigenvalue weighted by molar-refractivity contribution is -0.118. The zero-order chi connectivity index (χ0) is 20.2. The third-order valence-electron chi connectivity index (χ3n) is 4.20. The summed E-state index contributed by atoms with van der Waals surface area (Å²) in [6, 6.07) is 19.4. The largest absolute Gasteiger partial charge is 0.484 e. The van der Waals surface area contributed by atoms with Crippen molar-refractivity contribution in [2.75, 3.05) is 11.9 Å². The van der Waals surface area contributed by atoms with E-state index in [0.717, 1.165) is 22.5 Å². The fourth-order valence-corrected chi connectivity index (χ4v) is 3.67. The van der Waals surface area contributed by atoms with E-state index in [2.05, 4.69) is 15.4 Å². The van der Waals surface area contributed by atoms with Gasteiger partial charge in [0.05, 0.1) is 11.4 Å². The van der Waals surface area contributed by atoms with Crippen LogP contribution in [0.25, 0.3) is 16.4 Å². The van der Waals surface area contributed by atoms with Gasteiger partial charge in [0.15, 0.2) is 6.61 Å².